The first-order valence-corrected chi connectivity index (χ1v) is 19.2. The Balaban J connectivity index is 1.95. The van der Waals surface area contributed by atoms with Crippen LogP contribution in [0.25, 0.3) is 10.8 Å². The predicted molar refractivity (Wildman–Crippen MR) is 217 cm³/mol. The molecular formula is C40H54N8O11. The third kappa shape index (κ3) is 13.4. The summed E-state index contributed by atoms with van der Waals surface area (Å²) in [6.45, 7) is 9.15. The van der Waals surface area contributed by atoms with E-state index in [1.54, 1.807) is 34.6 Å². The lowest BCUT2D eigenvalue weighted by atomic mass is 9.99. The van der Waals surface area contributed by atoms with Gasteiger partial charge in [0, 0.05) is 33.5 Å². The second-order valence-electron chi connectivity index (χ2n) is 15.2. The van der Waals surface area contributed by atoms with Gasteiger partial charge in [0.05, 0.1) is 29.1 Å². The minimum Gasteiger partial charge on any atom is -0.371 e. The van der Waals surface area contributed by atoms with Crippen molar-refractivity contribution < 1.29 is 38.4 Å². The van der Waals surface area contributed by atoms with Crippen molar-refractivity contribution in [2.45, 2.75) is 104 Å². The molecule has 1 heterocycles. The van der Waals surface area contributed by atoms with Crippen LogP contribution in [-0.4, -0.2) is 99.3 Å². The van der Waals surface area contributed by atoms with Gasteiger partial charge in [-0.25, -0.2) is 4.68 Å². The fraction of sp³-hybridized carbons (Fsp3) is 0.500. The summed E-state index contributed by atoms with van der Waals surface area (Å²) in [4.78, 5) is 118. The van der Waals surface area contributed by atoms with E-state index in [4.69, 9.17) is 4.74 Å². The first kappa shape index (κ1) is 47.1. The minimum atomic E-state index is -1.41. The smallest absolute Gasteiger partial charge is 0.283 e. The van der Waals surface area contributed by atoms with Gasteiger partial charge >= 0.3 is 0 Å². The quantitative estimate of drug-likeness (QED) is 0.0756. The number of carbonyl (C=O) groups is 6. The maximum atomic E-state index is 14.1. The van der Waals surface area contributed by atoms with Crippen LogP contribution < -0.4 is 32.4 Å². The van der Waals surface area contributed by atoms with Crippen LogP contribution in [0.2, 0.25) is 0 Å². The molecule has 19 nitrogen and oxygen atoms in total. The summed E-state index contributed by atoms with van der Waals surface area (Å²) in [5.41, 5.74) is -1.72. The number of ether oxygens (including phenoxy) is 1. The second-order valence-corrected chi connectivity index (χ2v) is 15.2. The van der Waals surface area contributed by atoms with Crippen molar-refractivity contribution in [1.82, 2.24) is 35.9 Å². The summed E-state index contributed by atoms with van der Waals surface area (Å²) < 4.78 is 6.69. The third-order valence-electron chi connectivity index (χ3n) is 9.40. The topological polar surface area (TPSA) is 261 Å². The zero-order valence-electron chi connectivity index (χ0n) is 34.5. The number of aromatic nitrogens is 2. The average Bonchev–Trinajstić information content (AvgIpc) is 3.17. The molecule has 19 heteroatoms. The maximum absolute atomic E-state index is 14.1. The molecule has 5 atom stereocenters. The molecule has 0 radical (unpaired) electrons. The third-order valence-corrected chi connectivity index (χ3v) is 9.40. The number of H-pyrrole nitrogens is 1. The predicted octanol–water partition coefficient (Wildman–Crippen LogP) is 1.30. The summed E-state index contributed by atoms with van der Waals surface area (Å²) in [5.74, 6) is -4.47. The summed E-state index contributed by atoms with van der Waals surface area (Å²) in [5, 5.41) is 23.5. The Labute approximate surface area is 340 Å². The first-order chi connectivity index (χ1) is 27.7. The van der Waals surface area contributed by atoms with Gasteiger partial charge in [0.1, 0.15) is 30.1 Å². The second kappa shape index (κ2) is 21.5. The van der Waals surface area contributed by atoms with E-state index in [2.05, 4.69) is 26.4 Å². The first-order valence-electron chi connectivity index (χ1n) is 19.2. The summed E-state index contributed by atoms with van der Waals surface area (Å²) in [7, 11) is 3.01. The molecule has 0 aliphatic heterocycles. The van der Waals surface area contributed by atoms with Crippen LogP contribution in [0.15, 0.2) is 58.1 Å². The van der Waals surface area contributed by atoms with Crippen LogP contribution in [0.5, 0.6) is 0 Å². The van der Waals surface area contributed by atoms with Crippen molar-refractivity contribution >= 4 is 51.8 Å². The van der Waals surface area contributed by atoms with Crippen LogP contribution in [0.1, 0.15) is 66.4 Å². The van der Waals surface area contributed by atoms with Crippen LogP contribution in [0, 0.1) is 22.0 Å². The van der Waals surface area contributed by atoms with Crippen LogP contribution in [0.4, 0.5) is 5.69 Å². The van der Waals surface area contributed by atoms with Crippen molar-refractivity contribution in [3.8, 4) is 0 Å². The molecule has 0 aliphatic rings. The summed E-state index contributed by atoms with van der Waals surface area (Å²) >= 11 is 0. The lowest BCUT2D eigenvalue weighted by molar-refractivity contribution is -0.383. The van der Waals surface area contributed by atoms with Crippen LogP contribution in [-0.2, 0) is 46.7 Å². The van der Waals surface area contributed by atoms with Gasteiger partial charge < -0.3 is 30.9 Å². The number of carbonyl (C=O) groups excluding carboxylic acids is 6. The minimum absolute atomic E-state index is 0.0613. The molecule has 1 unspecified atom stereocenters. The van der Waals surface area contributed by atoms with Crippen molar-refractivity contribution in [1.29, 1.82) is 0 Å². The van der Waals surface area contributed by atoms with E-state index in [9.17, 15) is 48.5 Å². The summed E-state index contributed by atoms with van der Waals surface area (Å²) in [6.07, 6.45) is -1.34. The zero-order chi connectivity index (χ0) is 44.1. The number of nitrogens with zero attached hydrogens (tertiary/aromatic N) is 3. The molecule has 1 aromatic heterocycles. The molecule has 59 heavy (non-hydrogen) atoms. The fourth-order valence-electron chi connectivity index (χ4n) is 6.19. The van der Waals surface area contributed by atoms with E-state index >= 15 is 0 Å². The highest BCUT2D eigenvalue weighted by Gasteiger charge is 2.35. The standard InChI is InChI=1S/C40H54N8O11/c1-22(2)19-29(43-39(55)35(24(5)59-21-26-13-10-9-11-14-26)44-38(54)34(23(3)4)41-25(6)49)36(52)42-28(17-18-32(51)46(7)8)31(50)20-47-40(56)27-15-12-16-30(48(57)58)33(27)37(53)45-47/h9-16,22-24,28-29,34-35H,17-21H2,1-8H3,(H,41,49)(H,42,52)(H,43,55)(H,44,54)(H,45,53)/t24?,28-,29-,34-,35-/m0/s1. The number of benzene rings is 2. The van der Waals surface area contributed by atoms with Crippen molar-refractivity contribution in [3.05, 3.63) is 84.9 Å². The number of hydrogen-bond acceptors (Lipinski definition) is 11. The van der Waals surface area contributed by atoms with E-state index in [-0.39, 0.29) is 49.0 Å². The lowest BCUT2D eigenvalue weighted by Crippen LogP contribution is -2.61. The average molecular weight is 823 g/mol. The maximum Gasteiger partial charge on any atom is 0.283 e. The molecule has 5 N–H and O–H groups in total. The van der Waals surface area contributed by atoms with Crippen LogP contribution in [0.3, 0.4) is 0 Å². The highest BCUT2D eigenvalue weighted by atomic mass is 16.6. The van der Waals surface area contributed by atoms with Crippen LogP contribution >= 0.6 is 0 Å². The van der Waals surface area contributed by atoms with E-state index in [1.807, 2.05) is 30.3 Å². The van der Waals surface area contributed by atoms with Gasteiger partial charge in [0.25, 0.3) is 16.8 Å². The monoisotopic (exact) mass is 822 g/mol. The number of nitro benzene ring substituents is 1. The molecule has 0 fully saturated rings. The van der Waals surface area contributed by atoms with Gasteiger partial charge in [0.15, 0.2) is 5.78 Å². The number of rotatable bonds is 21. The number of nitrogens with one attached hydrogen (secondary N) is 5. The molecule has 0 saturated heterocycles. The van der Waals surface area contributed by atoms with Crippen molar-refractivity contribution in [2.75, 3.05) is 14.1 Å². The Hall–Kier alpha value is -6.24. The number of nitro groups is 1. The Morgan fingerprint density at radius 3 is 2.03 bits per heavy atom. The number of ketones is 1. The highest BCUT2D eigenvalue weighted by Crippen LogP contribution is 2.19. The molecule has 0 saturated carbocycles. The van der Waals surface area contributed by atoms with Gasteiger partial charge in [-0.05, 0) is 43.2 Å². The van der Waals surface area contributed by atoms with Gasteiger partial charge in [-0.3, -0.25) is 53.6 Å². The van der Waals surface area contributed by atoms with Crippen molar-refractivity contribution in [2.24, 2.45) is 11.8 Å². The molecular weight excluding hydrogens is 768 g/mol. The normalized spacial score (nSPS) is 13.8. The fourth-order valence-corrected chi connectivity index (χ4v) is 6.19. The zero-order valence-corrected chi connectivity index (χ0v) is 34.5. The Kier molecular flexibility index (Phi) is 17.2. The molecule has 0 spiro atoms. The molecule has 320 valence electrons. The van der Waals surface area contributed by atoms with E-state index < -0.39 is 93.3 Å². The molecule has 0 bridgehead atoms. The van der Waals surface area contributed by atoms with E-state index in [1.165, 1.54) is 38.1 Å². The van der Waals surface area contributed by atoms with Gasteiger partial charge in [-0.1, -0.05) is 64.1 Å². The number of non-ortho nitro benzene ring substituents is 1. The Bertz CT molecular complexity index is 2130. The molecule has 3 aromatic rings. The number of Topliss-reactive ketones (excluding diaryl/α,β-unsaturated/α-hetero) is 1. The highest BCUT2D eigenvalue weighted by molar-refractivity contribution is 5.96. The SMILES string of the molecule is CC(=O)N[C@H](C(=O)N[C@H](C(=O)N[C@@H](CC(C)C)C(=O)N[C@@H](CCC(=O)N(C)C)C(=O)Cn1[nH]c(=O)c2c([N+](=O)[O-])cccc2c1=O)C(C)OCc1ccccc1)C(C)C. The molecule has 3 rings (SSSR count). The number of fused-ring (bicyclic) bond motifs is 1. The van der Waals surface area contributed by atoms with Crippen molar-refractivity contribution in [3.63, 3.8) is 0 Å². The molecule has 2 aromatic carbocycles. The summed E-state index contributed by atoms with van der Waals surface area (Å²) in [6, 6.07) is 7.51. The number of hydrogen-bond donors (Lipinski definition) is 5. The van der Waals surface area contributed by atoms with Gasteiger partial charge in [-0.15, -0.1) is 0 Å². The number of amides is 5. The molecule has 0 aliphatic carbocycles. The van der Waals surface area contributed by atoms with E-state index in [0.717, 1.165) is 11.6 Å². The number of aromatic amines is 1. The van der Waals surface area contributed by atoms with Gasteiger partial charge in [-0.2, -0.15) is 0 Å². The largest absolute Gasteiger partial charge is 0.371 e. The molecule has 5 amide bonds. The van der Waals surface area contributed by atoms with E-state index in [0.29, 0.717) is 4.68 Å². The van der Waals surface area contributed by atoms with Gasteiger partial charge in [0.2, 0.25) is 29.5 Å². The Morgan fingerprint density at radius 2 is 1.46 bits per heavy atom. The Morgan fingerprint density at radius 1 is 0.831 bits per heavy atom. The lowest BCUT2D eigenvalue weighted by Gasteiger charge is -2.30.